The zero-order chi connectivity index (χ0) is 24.9. The Hall–Kier alpha value is -2.81. The van der Waals surface area contributed by atoms with Gasteiger partial charge in [0.2, 0.25) is 0 Å². The highest BCUT2D eigenvalue weighted by Gasteiger charge is 2.29. The molecule has 0 aliphatic carbocycles. The maximum Gasteiger partial charge on any atom is 0.410 e. The van der Waals surface area contributed by atoms with E-state index >= 15 is 0 Å². The first-order valence-electron chi connectivity index (χ1n) is 11.2. The average molecular weight is 464 g/mol. The Balaban J connectivity index is 2.35. The predicted octanol–water partition coefficient (Wildman–Crippen LogP) is 2.56. The average Bonchev–Trinajstić information content (AvgIpc) is 2.72. The van der Waals surface area contributed by atoms with Crippen LogP contribution in [-0.4, -0.2) is 73.5 Å². The second-order valence-corrected chi connectivity index (χ2v) is 9.39. The van der Waals surface area contributed by atoms with E-state index in [9.17, 15) is 14.4 Å². The molecule has 1 fully saturated rings. The van der Waals surface area contributed by atoms with Crippen molar-refractivity contribution in [1.82, 2.24) is 10.2 Å². The van der Waals surface area contributed by atoms with Crippen molar-refractivity contribution < 1.29 is 29.0 Å². The standard InChI is InChI=1S/C24H37N3O6/c1-15-18(12-21(30)32-7)16(2)22(17(3)19(15)13-25-14-20(28)29)26-8-10-27(11-9-26)23(31)33-24(4,5)6/h25H,8-14H2,1-7H3,(H,28,29). The van der Waals surface area contributed by atoms with E-state index in [0.717, 1.165) is 33.5 Å². The lowest BCUT2D eigenvalue weighted by Gasteiger charge is -2.39. The van der Waals surface area contributed by atoms with E-state index in [0.29, 0.717) is 32.7 Å². The Morgan fingerprint density at radius 1 is 0.970 bits per heavy atom. The van der Waals surface area contributed by atoms with Crippen LogP contribution in [0.2, 0.25) is 0 Å². The number of hydrogen-bond acceptors (Lipinski definition) is 7. The van der Waals surface area contributed by atoms with Gasteiger partial charge < -0.3 is 29.7 Å². The number of amides is 1. The Kier molecular flexibility index (Phi) is 8.71. The molecule has 2 rings (SSSR count). The van der Waals surface area contributed by atoms with Crippen LogP contribution in [0.4, 0.5) is 10.5 Å². The summed E-state index contributed by atoms with van der Waals surface area (Å²) in [5, 5.41) is 12.0. The van der Waals surface area contributed by atoms with Gasteiger partial charge in [-0.05, 0) is 69.4 Å². The number of piperazine rings is 1. The highest BCUT2D eigenvalue weighted by Crippen LogP contribution is 2.35. The van der Waals surface area contributed by atoms with E-state index in [1.54, 1.807) is 4.90 Å². The van der Waals surface area contributed by atoms with Gasteiger partial charge in [-0.1, -0.05) is 0 Å². The summed E-state index contributed by atoms with van der Waals surface area (Å²) >= 11 is 0. The fourth-order valence-corrected chi connectivity index (χ4v) is 4.27. The van der Waals surface area contributed by atoms with Gasteiger partial charge in [0.25, 0.3) is 0 Å². The number of rotatable bonds is 7. The summed E-state index contributed by atoms with van der Waals surface area (Å²) in [6, 6.07) is 0. The lowest BCUT2D eigenvalue weighted by molar-refractivity contribution is -0.140. The summed E-state index contributed by atoms with van der Waals surface area (Å²) in [5.74, 6) is -1.25. The van der Waals surface area contributed by atoms with Crippen LogP contribution >= 0.6 is 0 Å². The predicted molar refractivity (Wildman–Crippen MR) is 126 cm³/mol. The van der Waals surface area contributed by atoms with Gasteiger partial charge >= 0.3 is 18.0 Å². The molecule has 1 aliphatic heterocycles. The van der Waals surface area contributed by atoms with Crippen molar-refractivity contribution >= 4 is 23.7 Å². The molecule has 9 heteroatoms. The van der Waals surface area contributed by atoms with Crippen molar-refractivity contribution in [1.29, 1.82) is 0 Å². The second-order valence-electron chi connectivity index (χ2n) is 9.39. The molecule has 1 heterocycles. The third kappa shape index (κ3) is 6.83. The Morgan fingerprint density at radius 3 is 2.06 bits per heavy atom. The first kappa shape index (κ1) is 26.4. The summed E-state index contributed by atoms with van der Waals surface area (Å²) in [5.41, 5.74) is 5.36. The molecule has 184 valence electrons. The van der Waals surface area contributed by atoms with Crippen LogP contribution < -0.4 is 10.2 Å². The quantitative estimate of drug-likeness (QED) is 0.594. The van der Waals surface area contributed by atoms with Crippen molar-refractivity contribution in [3.63, 3.8) is 0 Å². The first-order valence-corrected chi connectivity index (χ1v) is 11.2. The number of hydrogen-bond donors (Lipinski definition) is 2. The van der Waals surface area contributed by atoms with Gasteiger partial charge in [0, 0.05) is 38.4 Å². The molecule has 1 saturated heterocycles. The van der Waals surface area contributed by atoms with E-state index in [-0.39, 0.29) is 25.0 Å². The van der Waals surface area contributed by atoms with E-state index in [2.05, 4.69) is 10.2 Å². The molecular weight excluding hydrogens is 426 g/mol. The number of carbonyl (C=O) groups excluding carboxylic acids is 2. The number of nitrogens with one attached hydrogen (secondary N) is 1. The van der Waals surface area contributed by atoms with Crippen LogP contribution in [0.15, 0.2) is 0 Å². The first-order chi connectivity index (χ1) is 15.4. The maximum atomic E-state index is 12.4. The van der Waals surface area contributed by atoms with E-state index < -0.39 is 11.6 Å². The van der Waals surface area contributed by atoms with Gasteiger partial charge in [-0.25, -0.2) is 4.79 Å². The number of benzene rings is 1. The molecule has 0 radical (unpaired) electrons. The smallest absolute Gasteiger partial charge is 0.410 e. The van der Waals surface area contributed by atoms with E-state index in [4.69, 9.17) is 14.6 Å². The van der Waals surface area contributed by atoms with Crippen LogP contribution in [-0.2, 0) is 32.0 Å². The fourth-order valence-electron chi connectivity index (χ4n) is 4.27. The van der Waals surface area contributed by atoms with Gasteiger partial charge in [0.1, 0.15) is 5.60 Å². The second kappa shape index (κ2) is 10.9. The van der Waals surface area contributed by atoms with Gasteiger partial charge in [0.05, 0.1) is 20.1 Å². The molecule has 1 aromatic carbocycles. The SMILES string of the molecule is COC(=O)Cc1c(C)c(CNCC(=O)O)c(C)c(N2CCN(C(=O)OC(C)(C)C)CC2)c1C. The van der Waals surface area contributed by atoms with Crippen LogP contribution in [0, 0.1) is 20.8 Å². The zero-order valence-corrected chi connectivity index (χ0v) is 20.8. The number of carboxylic acids is 1. The summed E-state index contributed by atoms with van der Waals surface area (Å²) in [4.78, 5) is 39.5. The molecule has 33 heavy (non-hydrogen) atoms. The number of aliphatic carboxylic acids is 1. The zero-order valence-electron chi connectivity index (χ0n) is 20.8. The normalized spacial score (nSPS) is 14.3. The number of carbonyl (C=O) groups is 3. The molecule has 1 aromatic rings. The number of nitrogens with zero attached hydrogens (tertiary/aromatic N) is 2. The molecule has 9 nitrogen and oxygen atoms in total. The molecule has 0 atom stereocenters. The number of anilines is 1. The Bertz CT molecular complexity index is 899. The number of ether oxygens (including phenoxy) is 2. The van der Waals surface area contributed by atoms with Crippen molar-refractivity contribution in [2.24, 2.45) is 0 Å². The minimum absolute atomic E-state index is 0.144. The van der Waals surface area contributed by atoms with E-state index in [1.165, 1.54) is 7.11 Å². The summed E-state index contributed by atoms with van der Waals surface area (Å²) in [6.45, 7) is 14.1. The summed E-state index contributed by atoms with van der Waals surface area (Å²) in [6.07, 6.45) is -0.171. The summed E-state index contributed by atoms with van der Waals surface area (Å²) in [7, 11) is 1.37. The van der Waals surface area contributed by atoms with Crippen molar-refractivity contribution in [2.45, 2.75) is 60.1 Å². The minimum Gasteiger partial charge on any atom is -0.480 e. The molecule has 0 saturated carbocycles. The summed E-state index contributed by atoms with van der Waals surface area (Å²) < 4.78 is 10.4. The molecule has 0 bridgehead atoms. The largest absolute Gasteiger partial charge is 0.480 e. The molecule has 0 unspecified atom stereocenters. The molecule has 0 aromatic heterocycles. The van der Waals surface area contributed by atoms with Crippen molar-refractivity contribution in [3.05, 3.63) is 27.8 Å². The molecular formula is C24H37N3O6. The Labute approximate surface area is 196 Å². The number of carboxylic acid groups (broad SMARTS) is 1. The number of methoxy groups -OCH3 is 1. The van der Waals surface area contributed by atoms with Gasteiger partial charge in [-0.15, -0.1) is 0 Å². The lowest BCUT2D eigenvalue weighted by atomic mass is 9.88. The third-order valence-corrected chi connectivity index (χ3v) is 5.90. The lowest BCUT2D eigenvalue weighted by Crippen LogP contribution is -2.50. The van der Waals surface area contributed by atoms with Gasteiger partial charge in [-0.2, -0.15) is 0 Å². The van der Waals surface area contributed by atoms with Crippen LogP contribution in [0.3, 0.4) is 0 Å². The topological polar surface area (TPSA) is 108 Å². The maximum absolute atomic E-state index is 12.4. The van der Waals surface area contributed by atoms with Gasteiger partial charge in [0.15, 0.2) is 0 Å². The van der Waals surface area contributed by atoms with Crippen LogP contribution in [0.5, 0.6) is 0 Å². The third-order valence-electron chi connectivity index (χ3n) is 5.90. The highest BCUT2D eigenvalue weighted by molar-refractivity contribution is 5.77. The minimum atomic E-state index is -0.925. The Morgan fingerprint density at radius 2 is 1.55 bits per heavy atom. The van der Waals surface area contributed by atoms with Crippen LogP contribution in [0.25, 0.3) is 0 Å². The molecule has 1 amide bonds. The highest BCUT2D eigenvalue weighted by atomic mass is 16.6. The molecule has 2 N–H and O–H groups in total. The molecule has 0 spiro atoms. The van der Waals surface area contributed by atoms with E-state index in [1.807, 2.05) is 41.5 Å². The number of esters is 1. The molecule has 1 aliphatic rings. The van der Waals surface area contributed by atoms with Crippen molar-refractivity contribution in [2.75, 3.05) is 44.7 Å². The van der Waals surface area contributed by atoms with Gasteiger partial charge in [-0.3, -0.25) is 9.59 Å². The van der Waals surface area contributed by atoms with Crippen LogP contribution in [0.1, 0.15) is 48.6 Å². The monoisotopic (exact) mass is 463 g/mol. The van der Waals surface area contributed by atoms with Crippen molar-refractivity contribution in [3.8, 4) is 0 Å². The fraction of sp³-hybridized carbons (Fsp3) is 0.625.